The number of nitrogens with zero attached hydrogens (tertiary/aromatic N) is 1. The number of benzene rings is 2. The zero-order valence-electron chi connectivity index (χ0n) is 95.0. The molecular formula is C113H195N13O16S. The molecule has 0 saturated heterocycles. The standard InChI is InChI=1S/C19H28N2O2.C18H25N3O2S.C15H26N2O2.C14H28N2O2.C13H23NO2.C12H21NO2.C11H23NO2.C11H21NO2/c1-5-8-16(21-19(2,3)4)17(22)18(23)20-15-11-13-9-6-7-10-14(13)12-15;1-5-8-13(21-18(2,3)4)16(22)17(23)19-11-15-20-12-9-6-7-10-14(12)24-15;1-15(2,3)17-12(9-10-5-4-6-10)13(18)14(19)16-11-7-8-11;1-8-9-10(15-13(2,3)4)11(17)12(18)16-14(5,6)7;1-9(15)12(16)11(14-13(2,3)4)8-10-6-5-7-10;1-8(14)11(15)10(7-9-5-6-9)13-12(2,3)4;2*1-6-7-9(10(14)8(2)13)12-11(3,4)5/h6-7,9-10,15-16,21H,5,8,11-12H2,1-4H3,(H,20,23);6-7,9-10,13,21H,5,8,11H2,1-4H3,(H,19,23);10-12,17H,4-9H2,1-3H3,(H,16,19);10,15H,8-9H2,1-7H3,(H,16,18);10-11,14H,5-8H2,1-4H3;9-10,13H,5-7H2,1-4H3;9-10,12,14H,6-7H2,1-5H3;9,12H,6-7H2,1-5H3. The van der Waals surface area contributed by atoms with Gasteiger partial charge in [-0.05, 0) is 312 Å². The highest BCUT2D eigenvalue weighted by molar-refractivity contribution is 7.18. The number of hydrogen-bond acceptors (Lipinski definition) is 26. The first-order valence-corrected chi connectivity index (χ1v) is 53.7. The first-order valence-electron chi connectivity index (χ1n) is 52.9. The van der Waals surface area contributed by atoms with Gasteiger partial charge in [-0.25, -0.2) is 4.98 Å². The SMILES string of the molecule is CC(=O)C(=O)C(CC1CC1)NC(C)(C)C.CC(=O)C(=O)C(CC1CCC1)NC(C)(C)C.CC(C)(C)NC(CC1CCC1)C(=O)C(=O)NC1CC1.CCCC(NC(C)(C)C)C(=O)C(=O)NC(C)(C)C.CCCC(NC(C)(C)C)C(=O)C(=O)NC1Cc2ccccc2C1.CCCC(NC(C)(C)C)C(=O)C(=O)NCc1nc2ccccc2s1.CCCC(NC(C)(C)C)C(=O)C(C)=O.CCCC(NC(C)(C)C)C(O)C(C)=O. The Bertz CT molecular complexity index is 4460. The molecule has 9 unspecified atom stereocenters. The van der Waals surface area contributed by atoms with E-state index >= 15 is 0 Å². The second-order valence-corrected chi connectivity index (χ2v) is 50.3. The molecule has 8 rings (SSSR count). The van der Waals surface area contributed by atoms with E-state index in [2.05, 4.69) is 80.9 Å². The first kappa shape index (κ1) is 133. The van der Waals surface area contributed by atoms with E-state index in [1.165, 1.54) is 102 Å². The van der Waals surface area contributed by atoms with Gasteiger partial charge >= 0.3 is 0 Å². The smallest absolute Gasteiger partial charge is 0.289 e. The van der Waals surface area contributed by atoms with Crippen molar-refractivity contribution in [1.29, 1.82) is 0 Å². The molecule has 143 heavy (non-hydrogen) atoms. The molecular weight excluding hydrogens is 1830 g/mol. The Labute approximate surface area is 864 Å². The van der Waals surface area contributed by atoms with Crippen LogP contribution >= 0.6 is 11.3 Å². The van der Waals surface area contributed by atoms with Gasteiger partial charge in [0.05, 0.1) is 59.1 Å². The van der Waals surface area contributed by atoms with Crippen molar-refractivity contribution < 1.29 is 77.0 Å². The molecule has 13 N–H and O–H groups in total. The van der Waals surface area contributed by atoms with E-state index in [1.54, 1.807) is 0 Å². The predicted molar refractivity (Wildman–Crippen MR) is 579 cm³/mol. The second-order valence-electron chi connectivity index (χ2n) is 49.1. The summed E-state index contributed by atoms with van der Waals surface area (Å²) in [7, 11) is 0. The molecule has 3 aromatic rings. The lowest BCUT2D eigenvalue weighted by Gasteiger charge is -2.33. The van der Waals surface area contributed by atoms with Crippen molar-refractivity contribution in [2.24, 2.45) is 17.8 Å². The van der Waals surface area contributed by atoms with Crippen LogP contribution in [0, 0.1) is 17.8 Å². The van der Waals surface area contributed by atoms with Gasteiger partial charge < -0.3 is 68.9 Å². The van der Waals surface area contributed by atoms with Crippen molar-refractivity contribution in [2.75, 3.05) is 0 Å². The number of carbonyl (C=O) groups excluding carboxylic acids is 15. The van der Waals surface area contributed by atoms with Crippen LogP contribution in [0.3, 0.4) is 0 Å². The van der Waals surface area contributed by atoms with Crippen LogP contribution in [0.1, 0.15) is 413 Å². The lowest BCUT2D eigenvalue weighted by molar-refractivity contribution is -0.140. The molecule has 0 bridgehead atoms. The number of fused-ring (bicyclic) bond motifs is 2. The van der Waals surface area contributed by atoms with Gasteiger partial charge in [0.2, 0.25) is 40.5 Å². The van der Waals surface area contributed by atoms with Gasteiger partial charge in [0.1, 0.15) is 11.1 Å². The van der Waals surface area contributed by atoms with E-state index in [0.29, 0.717) is 37.0 Å². The largest absolute Gasteiger partial charge is 0.384 e. The van der Waals surface area contributed by atoms with Gasteiger partial charge in [-0.1, -0.05) is 154 Å². The van der Waals surface area contributed by atoms with Crippen LogP contribution in [-0.4, -0.2) is 214 Å². The normalized spacial score (nSPS) is 16.5. The molecule has 30 heteroatoms. The van der Waals surface area contributed by atoms with Crippen molar-refractivity contribution in [3.63, 3.8) is 0 Å². The Morgan fingerprint density at radius 2 is 0.622 bits per heavy atom. The number of ketones is 11. The maximum atomic E-state index is 12.5. The van der Waals surface area contributed by atoms with Crippen LogP contribution in [0.2, 0.25) is 0 Å². The van der Waals surface area contributed by atoms with E-state index < -0.39 is 53.6 Å². The van der Waals surface area contributed by atoms with Gasteiger partial charge in [-0.2, -0.15) is 0 Å². The summed E-state index contributed by atoms with van der Waals surface area (Å²) >= 11 is 1.53. The minimum Gasteiger partial charge on any atom is -0.384 e. The number of hydrogen-bond donors (Lipinski definition) is 13. The van der Waals surface area contributed by atoms with Gasteiger partial charge in [0, 0.05) is 88.7 Å². The van der Waals surface area contributed by atoms with Crippen molar-refractivity contribution in [2.45, 2.75) is 533 Å². The van der Waals surface area contributed by atoms with Gasteiger partial charge in [0.25, 0.3) is 23.6 Å². The molecule has 0 radical (unpaired) electrons. The van der Waals surface area contributed by atoms with Crippen LogP contribution in [0.15, 0.2) is 48.5 Å². The summed E-state index contributed by atoms with van der Waals surface area (Å²) in [6.45, 7) is 69.7. The summed E-state index contributed by atoms with van der Waals surface area (Å²) in [5.74, 6) is -3.47. The minimum atomic E-state index is -0.880. The van der Waals surface area contributed by atoms with Crippen LogP contribution in [0.5, 0.6) is 0 Å². The fraction of sp³-hybridized carbons (Fsp3) is 0.752. The molecule has 1 aromatic heterocycles. The van der Waals surface area contributed by atoms with Gasteiger partial charge in [-0.15, -0.1) is 11.3 Å². The van der Waals surface area contributed by atoms with Gasteiger partial charge in [0.15, 0.2) is 23.1 Å². The average molecular weight is 2020 g/mol. The molecule has 0 aliphatic heterocycles. The fourth-order valence-electron chi connectivity index (χ4n) is 16.3. The monoisotopic (exact) mass is 2020 g/mol. The summed E-state index contributed by atoms with van der Waals surface area (Å²) in [6.07, 6.45) is 22.9. The molecule has 814 valence electrons. The Morgan fingerprint density at radius 1 is 0.336 bits per heavy atom. The number of nitrogens with one attached hydrogen (secondary N) is 12. The van der Waals surface area contributed by atoms with Crippen LogP contribution in [0.25, 0.3) is 10.2 Å². The number of thiazole rings is 1. The summed E-state index contributed by atoms with van der Waals surface area (Å²) in [4.78, 5) is 181. The summed E-state index contributed by atoms with van der Waals surface area (Å²) in [5.41, 5.74) is 1.86. The number of aliphatic hydroxyl groups excluding tert-OH is 1. The number of aliphatic hydroxyl groups is 1. The zero-order chi connectivity index (χ0) is 110. The maximum Gasteiger partial charge on any atom is 0.289 e. The highest BCUT2D eigenvalue weighted by atomic mass is 32.1. The number of para-hydroxylation sites is 1. The minimum absolute atomic E-state index is 0.0285. The number of Topliss-reactive ketones (excluding diaryl/α,β-unsaturated/α-hetero) is 11. The van der Waals surface area contributed by atoms with Crippen LogP contribution in [0.4, 0.5) is 0 Å². The van der Waals surface area contributed by atoms with E-state index in [1.807, 2.05) is 258 Å². The Morgan fingerprint density at radius 3 is 0.916 bits per heavy atom. The number of amides is 4. The maximum absolute atomic E-state index is 12.5. The molecule has 4 amide bonds. The molecule has 4 fully saturated rings. The lowest BCUT2D eigenvalue weighted by Crippen LogP contribution is -2.54. The molecule has 0 spiro atoms. The summed E-state index contributed by atoms with van der Waals surface area (Å²) in [6, 6.07) is 13.7. The average Bonchev–Trinajstić information content (AvgIpc) is 1.71. The number of aromatic nitrogens is 1. The fourth-order valence-corrected chi connectivity index (χ4v) is 17.2. The molecule has 4 saturated carbocycles. The third-order valence-electron chi connectivity index (χ3n) is 23.1. The quantitative estimate of drug-likeness (QED) is 0.0234. The van der Waals surface area contributed by atoms with Gasteiger partial charge in [-0.3, -0.25) is 71.9 Å². The lowest BCUT2D eigenvalue weighted by atomic mass is 9.79. The predicted octanol–water partition coefficient (Wildman–Crippen LogP) is 16.2. The third kappa shape index (κ3) is 60.3. The molecule has 9 atom stereocenters. The van der Waals surface area contributed by atoms with Crippen molar-refractivity contribution in [1.82, 2.24) is 68.8 Å². The molecule has 1 heterocycles. The van der Waals surface area contributed by atoms with Crippen LogP contribution < -0.4 is 63.8 Å². The van der Waals surface area contributed by atoms with E-state index in [-0.39, 0.29) is 157 Å². The molecule has 5 aliphatic rings. The zero-order valence-corrected chi connectivity index (χ0v) is 95.8. The first-order chi connectivity index (χ1) is 65.5. The third-order valence-corrected chi connectivity index (χ3v) is 24.1. The second kappa shape index (κ2) is 61.9. The topological polar surface area (TPSA) is 434 Å². The highest BCUT2D eigenvalue weighted by Gasteiger charge is 2.40. The number of rotatable bonds is 44. The summed E-state index contributed by atoms with van der Waals surface area (Å²) < 4.78 is 1.08. The van der Waals surface area contributed by atoms with Crippen LogP contribution in [-0.2, 0) is 91.3 Å². The van der Waals surface area contributed by atoms with E-state index in [0.717, 1.165) is 105 Å². The van der Waals surface area contributed by atoms with Crippen molar-refractivity contribution >= 4 is 109 Å². The molecule has 29 nitrogen and oxygen atoms in total. The Hall–Kier alpha value is -7.78. The van der Waals surface area contributed by atoms with Crippen molar-refractivity contribution in [3.8, 4) is 0 Å². The molecule has 5 aliphatic carbocycles. The Kier molecular flexibility index (Phi) is 57.6. The number of carbonyl (C=O) groups is 15. The van der Waals surface area contributed by atoms with E-state index in [4.69, 9.17) is 0 Å². The highest BCUT2D eigenvalue weighted by Crippen LogP contribution is 2.36. The molecule has 2 aromatic carbocycles. The van der Waals surface area contributed by atoms with E-state index in [9.17, 15) is 77.0 Å². The summed E-state index contributed by atoms with van der Waals surface area (Å²) in [5, 5.41) is 47.6. The van der Waals surface area contributed by atoms with Crippen molar-refractivity contribution in [3.05, 3.63) is 64.7 Å². The Balaban J connectivity index is 0.000000824.